The largest absolute Gasteiger partial charge is 0.478 e. The van der Waals surface area contributed by atoms with E-state index in [1.54, 1.807) is 35.4 Å². The fourth-order valence-corrected chi connectivity index (χ4v) is 4.06. The number of thiol groups is 1. The van der Waals surface area contributed by atoms with Gasteiger partial charge < -0.3 is 19.3 Å². The average Bonchev–Trinajstić information content (AvgIpc) is 3.25. The van der Waals surface area contributed by atoms with E-state index in [0.29, 0.717) is 38.5 Å². The second-order valence-corrected chi connectivity index (χ2v) is 8.36. The average molecular weight is 468 g/mol. The number of carbonyl (C=O) groups is 2. The molecule has 1 atom stereocenters. The maximum absolute atomic E-state index is 12.6. The van der Waals surface area contributed by atoms with Crippen LogP contribution in [0.15, 0.2) is 55.0 Å². The smallest absolute Gasteiger partial charge is 0.415 e. The van der Waals surface area contributed by atoms with Crippen LogP contribution in [0, 0.1) is 0 Å². The van der Waals surface area contributed by atoms with Crippen molar-refractivity contribution < 1.29 is 19.4 Å². The highest BCUT2D eigenvalue weighted by molar-refractivity contribution is 7.80. The summed E-state index contributed by atoms with van der Waals surface area (Å²) in [7, 11) is 1.92. The van der Waals surface area contributed by atoms with Crippen LogP contribution in [-0.2, 0) is 13.6 Å². The van der Waals surface area contributed by atoms with Gasteiger partial charge in [0.15, 0.2) is 0 Å². The zero-order valence-electron chi connectivity index (χ0n) is 18.2. The Morgan fingerprint density at radius 2 is 1.82 bits per heavy atom. The molecule has 0 bridgehead atoms. The van der Waals surface area contributed by atoms with E-state index >= 15 is 0 Å². The Bertz CT molecular complexity index is 1110. The van der Waals surface area contributed by atoms with E-state index in [0.717, 1.165) is 17.1 Å². The van der Waals surface area contributed by atoms with Crippen LogP contribution in [0.2, 0.25) is 0 Å². The molecule has 10 heteroatoms. The van der Waals surface area contributed by atoms with E-state index in [9.17, 15) is 9.59 Å². The highest BCUT2D eigenvalue weighted by Gasteiger charge is 2.23. The molecule has 1 aliphatic heterocycles. The van der Waals surface area contributed by atoms with Crippen molar-refractivity contribution in [3.63, 3.8) is 0 Å². The molecule has 2 aromatic heterocycles. The van der Waals surface area contributed by atoms with Crippen molar-refractivity contribution in [2.24, 2.45) is 7.05 Å². The number of rotatable bonds is 6. The molecule has 1 amide bonds. The topological polar surface area (TPSA) is 101 Å². The highest BCUT2D eigenvalue weighted by atomic mass is 32.1. The molecule has 1 saturated heterocycles. The number of ether oxygens (including phenoxy) is 1. The van der Waals surface area contributed by atoms with Crippen molar-refractivity contribution in [2.45, 2.75) is 11.8 Å². The Balaban J connectivity index is 1.26. The number of aromatic nitrogens is 3. The Morgan fingerprint density at radius 3 is 2.39 bits per heavy atom. The van der Waals surface area contributed by atoms with Crippen molar-refractivity contribution in [2.75, 3.05) is 26.2 Å². The number of pyridine rings is 1. The molecular weight excluding hydrogens is 442 g/mol. The summed E-state index contributed by atoms with van der Waals surface area (Å²) in [6.07, 6.45) is 4.60. The van der Waals surface area contributed by atoms with Gasteiger partial charge in [-0.05, 0) is 29.8 Å². The maximum Gasteiger partial charge on any atom is 0.415 e. The van der Waals surface area contributed by atoms with Crippen molar-refractivity contribution in [3.05, 3.63) is 77.6 Å². The minimum Gasteiger partial charge on any atom is -0.478 e. The lowest BCUT2D eigenvalue weighted by atomic mass is 10.1. The number of amides is 1. The second kappa shape index (κ2) is 10.1. The molecule has 0 radical (unpaired) electrons. The standard InChI is InChI=1S/C23H25N5O4S/c1-26-9-8-24-21(26)20(33)16-3-6-19(7-4-16)32-23(31)28-12-10-27(11-13-28)15-18-5-2-17(14-25-18)22(29)30/h2-9,14,20,33H,10-13,15H2,1H3,(H,29,30). The number of carbonyl (C=O) groups excluding carboxylic acids is 1. The maximum atomic E-state index is 12.6. The fourth-order valence-electron chi connectivity index (χ4n) is 3.64. The number of nitrogens with zero attached hydrogens (tertiary/aromatic N) is 5. The van der Waals surface area contributed by atoms with Crippen LogP contribution >= 0.6 is 12.6 Å². The normalized spacial score (nSPS) is 15.3. The van der Waals surface area contributed by atoms with Crippen molar-refractivity contribution >= 4 is 24.7 Å². The van der Waals surface area contributed by atoms with Gasteiger partial charge in [-0.25, -0.2) is 14.6 Å². The third kappa shape index (κ3) is 5.52. The van der Waals surface area contributed by atoms with E-state index in [1.807, 2.05) is 29.9 Å². The van der Waals surface area contributed by atoms with Gasteiger partial charge in [0, 0.05) is 58.4 Å². The molecule has 172 valence electrons. The van der Waals surface area contributed by atoms with Crippen LogP contribution in [0.4, 0.5) is 4.79 Å². The van der Waals surface area contributed by atoms with E-state index in [2.05, 4.69) is 27.5 Å². The monoisotopic (exact) mass is 467 g/mol. The fraction of sp³-hybridized carbons (Fsp3) is 0.304. The van der Waals surface area contributed by atoms with E-state index in [-0.39, 0.29) is 16.9 Å². The molecule has 1 aliphatic rings. The molecule has 3 heterocycles. The zero-order chi connectivity index (χ0) is 23.4. The van der Waals surface area contributed by atoms with Gasteiger partial charge in [0.25, 0.3) is 0 Å². The number of benzene rings is 1. The van der Waals surface area contributed by atoms with Crippen molar-refractivity contribution in [1.82, 2.24) is 24.3 Å². The number of carboxylic acids is 1. The van der Waals surface area contributed by atoms with Crippen LogP contribution in [-0.4, -0.2) is 67.7 Å². The lowest BCUT2D eigenvalue weighted by Crippen LogP contribution is -2.49. The first kappa shape index (κ1) is 22.8. The predicted octanol–water partition coefficient (Wildman–Crippen LogP) is 2.85. The summed E-state index contributed by atoms with van der Waals surface area (Å²) in [5, 5.41) is 8.80. The summed E-state index contributed by atoms with van der Waals surface area (Å²) < 4.78 is 7.47. The molecule has 3 aromatic rings. The number of aromatic carboxylic acids is 1. The van der Waals surface area contributed by atoms with Crippen molar-refractivity contribution in [3.8, 4) is 5.75 Å². The number of carboxylic acid groups (broad SMARTS) is 1. The summed E-state index contributed by atoms with van der Waals surface area (Å²) in [6, 6.07) is 10.6. The molecule has 1 N–H and O–H groups in total. The quantitative estimate of drug-likeness (QED) is 0.538. The molecule has 33 heavy (non-hydrogen) atoms. The third-order valence-corrected chi connectivity index (χ3v) is 6.12. The van der Waals surface area contributed by atoms with E-state index in [4.69, 9.17) is 9.84 Å². The van der Waals surface area contributed by atoms with E-state index in [1.165, 1.54) is 6.20 Å². The SMILES string of the molecule is Cn1ccnc1C(S)c1ccc(OC(=O)N2CCN(Cc3ccc(C(=O)O)cn3)CC2)cc1. The zero-order valence-corrected chi connectivity index (χ0v) is 19.1. The van der Waals surface area contributed by atoms with Crippen LogP contribution in [0.5, 0.6) is 5.75 Å². The Labute approximate surface area is 197 Å². The van der Waals surface area contributed by atoms with Crippen LogP contribution < -0.4 is 4.74 Å². The van der Waals surface area contributed by atoms with Crippen LogP contribution in [0.3, 0.4) is 0 Å². The Hall–Kier alpha value is -3.37. The van der Waals surface area contributed by atoms with Crippen LogP contribution in [0.1, 0.15) is 32.7 Å². The highest BCUT2D eigenvalue weighted by Crippen LogP contribution is 2.28. The third-order valence-electron chi connectivity index (χ3n) is 5.59. The van der Waals surface area contributed by atoms with Gasteiger partial charge in [-0.2, -0.15) is 12.6 Å². The molecule has 0 saturated carbocycles. The molecular formula is C23H25N5O4S. The molecule has 4 rings (SSSR count). The summed E-state index contributed by atoms with van der Waals surface area (Å²) in [5.74, 6) is 0.331. The van der Waals surface area contributed by atoms with Gasteiger partial charge >= 0.3 is 12.1 Å². The molecule has 1 unspecified atom stereocenters. The van der Waals surface area contributed by atoms with Crippen LogP contribution in [0.25, 0.3) is 0 Å². The molecule has 1 fully saturated rings. The summed E-state index contributed by atoms with van der Waals surface area (Å²) in [4.78, 5) is 35.9. The van der Waals surface area contributed by atoms with E-state index < -0.39 is 5.97 Å². The molecule has 9 nitrogen and oxygen atoms in total. The van der Waals surface area contributed by atoms with Gasteiger partial charge in [0.1, 0.15) is 11.6 Å². The van der Waals surface area contributed by atoms with Gasteiger partial charge in [-0.15, -0.1) is 0 Å². The first-order valence-corrected chi connectivity index (χ1v) is 11.0. The molecule has 0 spiro atoms. The first-order chi connectivity index (χ1) is 15.9. The van der Waals surface area contributed by atoms with Crippen molar-refractivity contribution in [1.29, 1.82) is 0 Å². The number of aryl methyl sites for hydroxylation is 1. The predicted molar refractivity (Wildman–Crippen MR) is 125 cm³/mol. The summed E-state index contributed by atoms with van der Waals surface area (Å²) in [6.45, 7) is 3.05. The minimum atomic E-state index is -0.991. The summed E-state index contributed by atoms with van der Waals surface area (Å²) in [5.41, 5.74) is 1.93. The lowest BCUT2D eigenvalue weighted by molar-refractivity contribution is 0.0696. The summed E-state index contributed by atoms with van der Waals surface area (Å²) >= 11 is 4.66. The minimum absolute atomic E-state index is 0.167. The Kier molecular flexibility index (Phi) is 6.95. The van der Waals surface area contributed by atoms with Gasteiger partial charge in [-0.3, -0.25) is 9.88 Å². The number of hydrogen-bond donors (Lipinski definition) is 2. The van der Waals surface area contributed by atoms with Gasteiger partial charge in [-0.1, -0.05) is 12.1 Å². The second-order valence-electron chi connectivity index (χ2n) is 7.84. The van der Waals surface area contributed by atoms with Gasteiger partial charge in [0.2, 0.25) is 0 Å². The lowest BCUT2D eigenvalue weighted by Gasteiger charge is -2.33. The molecule has 1 aromatic carbocycles. The first-order valence-electron chi connectivity index (χ1n) is 10.5. The number of imidazole rings is 1. The van der Waals surface area contributed by atoms with Gasteiger partial charge in [0.05, 0.1) is 16.5 Å². The molecule has 0 aliphatic carbocycles. The number of piperazine rings is 1. The Morgan fingerprint density at radius 1 is 1.09 bits per heavy atom. The number of hydrogen-bond acceptors (Lipinski definition) is 7.